The van der Waals surface area contributed by atoms with E-state index in [1.807, 2.05) is 0 Å². The molecule has 1 saturated heterocycles. The predicted octanol–water partition coefficient (Wildman–Crippen LogP) is 5.53. The van der Waals surface area contributed by atoms with Gasteiger partial charge in [0, 0.05) is 62.7 Å². The van der Waals surface area contributed by atoms with Crippen molar-refractivity contribution in [3.63, 3.8) is 0 Å². The zero-order valence-corrected chi connectivity index (χ0v) is 20.9. The van der Waals surface area contributed by atoms with Crippen LogP contribution in [-0.4, -0.2) is 59.9 Å². The highest BCUT2D eigenvalue weighted by Gasteiger charge is 2.39. The summed E-state index contributed by atoms with van der Waals surface area (Å²) in [4.78, 5) is 15.7. The molecule has 2 aliphatic carbocycles. The lowest BCUT2D eigenvalue weighted by Crippen LogP contribution is -2.55. The molecule has 0 radical (unpaired) electrons. The van der Waals surface area contributed by atoms with Crippen molar-refractivity contribution in [1.29, 1.82) is 0 Å². The predicted molar refractivity (Wildman–Crippen MR) is 133 cm³/mol. The summed E-state index contributed by atoms with van der Waals surface area (Å²) in [6.45, 7) is 4.17. The molecular weight excluding hydrogens is 489 g/mol. The van der Waals surface area contributed by atoms with Gasteiger partial charge >= 0.3 is 0 Å². The van der Waals surface area contributed by atoms with Gasteiger partial charge in [-0.05, 0) is 48.9 Å². The van der Waals surface area contributed by atoms with Crippen LogP contribution in [0.4, 0.5) is 22.0 Å². The van der Waals surface area contributed by atoms with Crippen molar-refractivity contribution < 1.29 is 26.7 Å². The van der Waals surface area contributed by atoms with E-state index in [0.717, 1.165) is 50.8 Å². The number of hydrogen-bond acceptors (Lipinski definition) is 3. The van der Waals surface area contributed by atoms with Gasteiger partial charge in [0.15, 0.2) is 0 Å². The molecule has 202 valence electrons. The van der Waals surface area contributed by atoms with Gasteiger partial charge in [0.2, 0.25) is 11.8 Å². The third kappa shape index (κ3) is 7.29. The molecule has 1 heterocycles. The van der Waals surface area contributed by atoms with E-state index in [2.05, 4.69) is 9.80 Å². The number of carbonyl (C=O) groups excluding carboxylic acids is 1. The average Bonchev–Trinajstić information content (AvgIpc) is 2.79. The number of carbonyl (C=O) groups is 1. The molecule has 3 fully saturated rings. The highest BCUT2D eigenvalue weighted by atomic mass is 19.3. The Balaban J connectivity index is 0.000000173. The van der Waals surface area contributed by atoms with Gasteiger partial charge in [-0.15, -0.1) is 0 Å². The molecule has 1 unspecified atom stereocenters. The monoisotopic (exact) mass is 523 g/mol. The third-order valence-electron chi connectivity index (χ3n) is 7.69. The fourth-order valence-corrected chi connectivity index (χ4v) is 5.51. The molecule has 9 heteroatoms. The van der Waals surface area contributed by atoms with E-state index in [-0.39, 0.29) is 42.0 Å². The Hall–Kier alpha value is -2.52. The van der Waals surface area contributed by atoms with Gasteiger partial charge in [-0.3, -0.25) is 14.6 Å². The molecule has 1 amide bonds. The maximum atomic E-state index is 14.1. The second kappa shape index (κ2) is 11.9. The number of halogens is 5. The Kier molecular flexibility index (Phi) is 8.85. The minimum atomic E-state index is -2.41. The van der Waals surface area contributed by atoms with Gasteiger partial charge in [-0.25, -0.2) is 22.0 Å². The van der Waals surface area contributed by atoms with Crippen molar-refractivity contribution in [2.24, 2.45) is 5.73 Å². The summed E-state index contributed by atoms with van der Waals surface area (Å²) >= 11 is 0. The number of amides is 1. The van der Waals surface area contributed by atoms with Crippen molar-refractivity contribution >= 4 is 5.91 Å². The number of piperazine rings is 1. The highest BCUT2D eigenvalue weighted by molar-refractivity contribution is 5.77. The van der Waals surface area contributed by atoms with E-state index in [9.17, 15) is 26.7 Å². The fraction of sp³-hybridized carbons (Fsp3) is 0.536. The van der Waals surface area contributed by atoms with Crippen molar-refractivity contribution in [1.82, 2.24) is 9.80 Å². The number of nitrogens with two attached hydrogens (primary N) is 1. The molecule has 1 aliphatic heterocycles. The molecule has 2 saturated carbocycles. The molecule has 2 aromatic carbocycles. The molecule has 4 nitrogen and oxygen atoms in total. The standard InChI is InChI=1S/C14H10F3NO.C14H24F2N2/c15-10-4-9(5-11(16)7-10)12-3-1-2-8(14(12)17)6-13(18)19;15-14(16)6-2-5-13(11-14)18-9-7-17(8-10-18)12-3-1-4-12/h1-5,7H,6H2,(H2,18,19);12-13H,1-11H2. The largest absolute Gasteiger partial charge is 0.369 e. The summed E-state index contributed by atoms with van der Waals surface area (Å²) in [6.07, 6.45) is 5.67. The number of primary amides is 1. The van der Waals surface area contributed by atoms with Gasteiger partial charge in [0.1, 0.15) is 17.5 Å². The van der Waals surface area contributed by atoms with Crippen LogP contribution in [0.25, 0.3) is 11.1 Å². The molecule has 37 heavy (non-hydrogen) atoms. The van der Waals surface area contributed by atoms with E-state index in [4.69, 9.17) is 5.73 Å². The van der Waals surface area contributed by atoms with Gasteiger partial charge in [0.05, 0.1) is 6.42 Å². The summed E-state index contributed by atoms with van der Waals surface area (Å²) in [6, 6.07) is 7.98. The first-order valence-corrected chi connectivity index (χ1v) is 13.0. The van der Waals surface area contributed by atoms with Crippen molar-refractivity contribution in [2.75, 3.05) is 26.2 Å². The Labute approximate surface area is 214 Å². The normalized spacial score (nSPS) is 22.6. The molecule has 0 bridgehead atoms. The van der Waals surface area contributed by atoms with Gasteiger partial charge in [-0.2, -0.15) is 0 Å². The Bertz CT molecular complexity index is 1060. The minimum Gasteiger partial charge on any atom is -0.369 e. The summed E-state index contributed by atoms with van der Waals surface area (Å²) in [5, 5.41) is 0. The van der Waals surface area contributed by atoms with Crippen LogP contribution in [0, 0.1) is 17.5 Å². The SMILES string of the molecule is FC1(F)CCCC(N2CCN(C3CCC3)CC2)C1.NC(=O)Cc1cccc(-c2cc(F)cc(F)c2)c1F. The number of alkyl halides is 2. The van der Waals surface area contributed by atoms with Crippen LogP contribution in [-0.2, 0) is 11.2 Å². The maximum absolute atomic E-state index is 14.1. The first-order chi connectivity index (χ1) is 17.6. The van der Waals surface area contributed by atoms with E-state index >= 15 is 0 Å². The molecule has 2 aromatic rings. The van der Waals surface area contributed by atoms with E-state index in [1.54, 1.807) is 0 Å². The van der Waals surface area contributed by atoms with Gasteiger partial charge in [0.25, 0.3) is 0 Å². The van der Waals surface area contributed by atoms with Crippen LogP contribution in [0.5, 0.6) is 0 Å². The second-order valence-corrected chi connectivity index (χ2v) is 10.3. The Morgan fingerprint density at radius 1 is 0.892 bits per heavy atom. The average molecular weight is 524 g/mol. The fourth-order valence-electron chi connectivity index (χ4n) is 5.51. The molecule has 0 spiro atoms. The summed E-state index contributed by atoms with van der Waals surface area (Å²) < 4.78 is 67.3. The van der Waals surface area contributed by atoms with E-state index in [0.29, 0.717) is 12.5 Å². The number of nitrogens with zero attached hydrogens (tertiary/aromatic N) is 2. The van der Waals surface area contributed by atoms with E-state index in [1.165, 1.54) is 37.5 Å². The lowest BCUT2D eigenvalue weighted by atomic mass is 9.89. The van der Waals surface area contributed by atoms with E-state index < -0.39 is 29.3 Å². The van der Waals surface area contributed by atoms with Crippen LogP contribution >= 0.6 is 0 Å². The lowest BCUT2D eigenvalue weighted by molar-refractivity contribution is -0.117. The second-order valence-electron chi connectivity index (χ2n) is 10.3. The first kappa shape index (κ1) is 27.5. The van der Waals surface area contributed by atoms with Crippen LogP contribution in [0.3, 0.4) is 0 Å². The molecule has 1 atom stereocenters. The number of benzene rings is 2. The van der Waals surface area contributed by atoms with Crippen molar-refractivity contribution in [3.8, 4) is 11.1 Å². The van der Waals surface area contributed by atoms with Crippen LogP contribution in [0.2, 0.25) is 0 Å². The third-order valence-corrected chi connectivity index (χ3v) is 7.69. The van der Waals surface area contributed by atoms with Crippen LogP contribution in [0.15, 0.2) is 36.4 Å². The molecule has 0 aromatic heterocycles. The molecular formula is C28H34F5N3O. The quantitative estimate of drug-likeness (QED) is 0.524. The zero-order chi connectivity index (χ0) is 26.6. The minimum absolute atomic E-state index is 0.0251. The highest BCUT2D eigenvalue weighted by Crippen LogP contribution is 2.36. The Morgan fingerprint density at radius 3 is 2.03 bits per heavy atom. The number of rotatable bonds is 5. The Morgan fingerprint density at radius 2 is 1.49 bits per heavy atom. The topological polar surface area (TPSA) is 49.6 Å². The molecule has 2 N–H and O–H groups in total. The summed E-state index contributed by atoms with van der Waals surface area (Å²) in [5.41, 5.74) is 5.19. The number of hydrogen-bond donors (Lipinski definition) is 1. The summed E-state index contributed by atoms with van der Waals surface area (Å²) in [7, 11) is 0. The van der Waals surface area contributed by atoms with Crippen LogP contribution < -0.4 is 5.73 Å². The smallest absolute Gasteiger partial charge is 0.249 e. The first-order valence-electron chi connectivity index (χ1n) is 13.0. The van der Waals surface area contributed by atoms with Gasteiger partial charge < -0.3 is 5.73 Å². The molecule has 3 aliphatic rings. The van der Waals surface area contributed by atoms with Crippen molar-refractivity contribution in [2.45, 2.75) is 69.4 Å². The maximum Gasteiger partial charge on any atom is 0.249 e. The lowest BCUT2D eigenvalue weighted by Gasteiger charge is -2.46. The van der Waals surface area contributed by atoms with Crippen molar-refractivity contribution in [3.05, 3.63) is 59.4 Å². The summed E-state index contributed by atoms with van der Waals surface area (Å²) in [5.74, 6) is -5.38. The van der Waals surface area contributed by atoms with Gasteiger partial charge in [-0.1, -0.05) is 24.6 Å². The zero-order valence-electron chi connectivity index (χ0n) is 20.9. The van der Waals surface area contributed by atoms with Crippen LogP contribution in [0.1, 0.15) is 50.5 Å². The molecule has 5 rings (SSSR count).